The second-order valence-corrected chi connectivity index (χ2v) is 19.3. The van der Waals surface area contributed by atoms with Gasteiger partial charge in [0.05, 0.1) is 0 Å². The summed E-state index contributed by atoms with van der Waals surface area (Å²) in [5.41, 5.74) is 18.6. The average molecular weight is 691 g/mol. The van der Waals surface area contributed by atoms with Crippen LogP contribution >= 0.6 is 11.6 Å². The number of hydrogen-bond donors (Lipinski definition) is 0. The first-order valence-corrected chi connectivity index (χ1v) is 19.2. The molecule has 5 aromatic rings. The van der Waals surface area contributed by atoms with E-state index in [0.29, 0.717) is 0 Å². The van der Waals surface area contributed by atoms with Gasteiger partial charge < -0.3 is 9.80 Å². The predicted molar refractivity (Wildman–Crippen MR) is 223 cm³/mol. The maximum Gasteiger partial charge on any atom is 0.252 e. The molecule has 0 saturated heterocycles. The zero-order valence-electron chi connectivity index (χ0n) is 32.4. The summed E-state index contributed by atoms with van der Waals surface area (Å²) >= 11 is 6.53. The van der Waals surface area contributed by atoms with Gasteiger partial charge in [0.1, 0.15) is 0 Å². The fourth-order valence-electron chi connectivity index (χ4n) is 8.79. The second kappa shape index (κ2) is 11.3. The third kappa shape index (κ3) is 5.45. The number of aryl methyl sites for hydroxylation is 1. The number of benzene rings is 5. The summed E-state index contributed by atoms with van der Waals surface area (Å²) in [6.45, 7) is 26.0. The monoisotopic (exact) mass is 690 g/mol. The third-order valence-electron chi connectivity index (χ3n) is 12.2. The molecule has 0 N–H and O–H groups in total. The van der Waals surface area contributed by atoms with Gasteiger partial charge in [0.2, 0.25) is 0 Å². The van der Waals surface area contributed by atoms with Gasteiger partial charge >= 0.3 is 0 Å². The van der Waals surface area contributed by atoms with Crippen LogP contribution in [0.1, 0.15) is 110 Å². The van der Waals surface area contributed by atoms with E-state index in [0.717, 1.165) is 10.7 Å². The highest BCUT2D eigenvalue weighted by atomic mass is 35.5. The molecule has 3 aliphatic rings. The van der Waals surface area contributed by atoms with Gasteiger partial charge in [0.25, 0.3) is 6.71 Å². The minimum atomic E-state index is -0.0681. The summed E-state index contributed by atoms with van der Waals surface area (Å²) < 4.78 is 0. The Morgan fingerprint density at radius 2 is 1.02 bits per heavy atom. The van der Waals surface area contributed by atoms with Crippen molar-refractivity contribution >= 4 is 68.8 Å². The van der Waals surface area contributed by atoms with Gasteiger partial charge in [-0.3, -0.25) is 0 Å². The minimum absolute atomic E-state index is 0.000776. The van der Waals surface area contributed by atoms with Crippen molar-refractivity contribution in [2.24, 2.45) is 0 Å². The lowest BCUT2D eigenvalue weighted by Gasteiger charge is -2.48. The summed E-state index contributed by atoms with van der Waals surface area (Å²) in [6, 6.07) is 35.0. The lowest BCUT2D eigenvalue weighted by Crippen LogP contribution is -2.62. The van der Waals surface area contributed by atoms with Crippen molar-refractivity contribution in [1.82, 2.24) is 0 Å². The Morgan fingerprint density at radius 3 is 1.55 bits per heavy atom. The first kappa shape index (κ1) is 34.2. The molecule has 2 heterocycles. The minimum Gasteiger partial charge on any atom is -0.311 e. The van der Waals surface area contributed by atoms with Gasteiger partial charge in [0, 0.05) is 39.1 Å². The van der Waals surface area contributed by atoms with Crippen LogP contribution in [-0.2, 0) is 21.7 Å². The molecule has 51 heavy (non-hydrogen) atoms. The fraction of sp³-hybridized carbons (Fsp3) is 0.362. The van der Waals surface area contributed by atoms with E-state index in [4.69, 9.17) is 11.6 Å². The van der Waals surface area contributed by atoms with Gasteiger partial charge in [0.15, 0.2) is 0 Å². The van der Waals surface area contributed by atoms with Crippen LogP contribution in [0.2, 0.25) is 5.02 Å². The smallest absolute Gasteiger partial charge is 0.252 e. The fourth-order valence-corrected chi connectivity index (χ4v) is 8.92. The van der Waals surface area contributed by atoms with Crippen LogP contribution in [0.15, 0.2) is 91.0 Å². The van der Waals surface area contributed by atoms with Crippen LogP contribution in [0, 0.1) is 6.92 Å². The maximum absolute atomic E-state index is 6.53. The Labute approximate surface area is 311 Å². The first-order valence-electron chi connectivity index (χ1n) is 18.8. The van der Waals surface area contributed by atoms with Crippen molar-refractivity contribution in [1.29, 1.82) is 0 Å². The van der Waals surface area contributed by atoms with Crippen LogP contribution < -0.4 is 26.2 Å². The lowest BCUT2D eigenvalue weighted by atomic mass is 9.33. The van der Waals surface area contributed by atoms with E-state index < -0.39 is 0 Å². The van der Waals surface area contributed by atoms with Crippen LogP contribution in [0.25, 0.3) is 0 Å². The van der Waals surface area contributed by atoms with Crippen LogP contribution in [-0.4, -0.2) is 6.71 Å². The van der Waals surface area contributed by atoms with E-state index in [1.165, 1.54) is 85.5 Å². The zero-order chi connectivity index (χ0) is 36.4. The molecule has 260 valence electrons. The first-order chi connectivity index (χ1) is 23.8. The van der Waals surface area contributed by atoms with Crippen molar-refractivity contribution < 1.29 is 0 Å². The zero-order valence-corrected chi connectivity index (χ0v) is 33.2. The van der Waals surface area contributed by atoms with E-state index in [9.17, 15) is 0 Å². The molecule has 0 bridgehead atoms. The third-order valence-corrected chi connectivity index (χ3v) is 12.4. The SMILES string of the molecule is Cc1ccc(N2c3cc4c(cc3B3c5ccc(C(C)(C)C)cc5N(c5ccc(Cl)cc5)c5cc(C(C)(C)C)cc2c53)C(C)(C)CCC4(C)C)cc1. The van der Waals surface area contributed by atoms with Crippen LogP contribution in [0.5, 0.6) is 0 Å². The lowest BCUT2D eigenvalue weighted by molar-refractivity contribution is 0.332. The number of anilines is 6. The molecule has 0 amide bonds. The second-order valence-electron chi connectivity index (χ2n) is 18.8. The van der Waals surface area contributed by atoms with E-state index >= 15 is 0 Å². The van der Waals surface area contributed by atoms with E-state index in [1.807, 2.05) is 12.1 Å². The van der Waals surface area contributed by atoms with Crippen molar-refractivity contribution in [3.05, 3.63) is 124 Å². The highest BCUT2D eigenvalue weighted by Gasteiger charge is 2.47. The van der Waals surface area contributed by atoms with Gasteiger partial charge in [-0.15, -0.1) is 0 Å². The Balaban J connectivity index is 1.54. The van der Waals surface area contributed by atoms with Gasteiger partial charge in [-0.1, -0.05) is 117 Å². The summed E-state index contributed by atoms with van der Waals surface area (Å²) in [7, 11) is 0. The Kier molecular flexibility index (Phi) is 7.55. The molecule has 2 aliphatic heterocycles. The average Bonchev–Trinajstić information content (AvgIpc) is 3.06. The van der Waals surface area contributed by atoms with Crippen molar-refractivity contribution in [3.63, 3.8) is 0 Å². The molecule has 4 heteroatoms. The standard InChI is InChI=1S/C47H52BClN2/c1-29-12-17-33(18-13-29)51-40-28-36-35(46(8,9)22-23-47(36,10)11)27-38(40)48-37-21-14-30(44(2,3)4)24-39(37)50(34-19-15-32(49)16-20-34)41-25-31(45(5,6)7)26-42(51)43(41)48/h12-21,24-28H,22-23H2,1-11H3. The van der Waals surface area contributed by atoms with E-state index in [-0.39, 0.29) is 28.4 Å². The summed E-state index contributed by atoms with van der Waals surface area (Å²) in [6.07, 6.45) is 2.37. The van der Waals surface area contributed by atoms with E-state index in [1.54, 1.807) is 0 Å². The molecule has 2 nitrogen and oxygen atoms in total. The molecule has 1 aliphatic carbocycles. The summed E-state index contributed by atoms with van der Waals surface area (Å²) in [5.74, 6) is 0. The quantitative estimate of drug-likeness (QED) is 0.167. The Bertz CT molecular complexity index is 2180. The van der Waals surface area contributed by atoms with Crippen molar-refractivity contribution in [2.45, 2.75) is 111 Å². The number of rotatable bonds is 2. The van der Waals surface area contributed by atoms with E-state index in [2.05, 4.69) is 165 Å². The highest BCUT2D eigenvalue weighted by molar-refractivity contribution is 7.00. The normalized spacial score (nSPS) is 17.1. The molecule has 5 aromatic carbocycles. The Morgan fingerprint density at radius 1 is 0.549 bits per heavy atom. The predicted octanol–water partition coefficient (Wildman–Crippen LogP) is 11.7. The molecule has 0 unspecified atom stereocenters. The van der Waals surface area contributed by atoms with Crippen LogP contribution in [0.3, 0.4) is 0 Å². The molecular formula is C47H52BClN2. The summed E-state index contributed by atoms with van der Waals surface area (Å²) in [5, 5.41) is 0.748. The molecule has 0 fully saturated rings. The van der Waals surface area contributed by atoms with Gasteiger partial charge in [-0.05, 0) is 141 Å². The summed E-state index contributed by atoms with van der Waals surface area (Å²) in [4.78, 5) is 5.11. The molecule has 0 saturated carbocycles. The Hall–Kier alpha value is -3.95. The number of nitrogens with zero attached hydrogens (tertiary/aromatic N) is 2. The molecule has 0 atom stereocenters. The molecule has 0 aromatic heterocycles. The highest BCUT2D eigenvalue weighted by Crippen LogP contribution is 2.51. The topological polar surface area (TPSA) is 6.48 Å². The van der Waals surface area contributed by atoms with Gasteiger partial charge in [-0.2, -0.15) is 0 Å². The van der Waals surface area contributed by atoms with Crippen molar-refractivity contribution in [3.8, 4) is 0 Å². The largest absolute Gasteiger partial charge is 0.311 e. The molecular weight excluding hydrogens is 639 g/mol. The number of halogens is 1. The maximum atomic E-state index is 6.53. The van der Waals surface area contributed by atoms with Gasteiger partial charge in [-0.25, -0.2) is 0 Å². The molecule has 8 rings (SSSR count). The van der Waals surface area contributed by atoms with Crippen molar-refractivity contribution in [2.75, 3.05) is 9.80 Å². The molecule has 0 spiro atoms. The van der Waals surface area contributed by atoms with Crippen LogP contribution in [0.4, 0.5) is 34.1 Å². The molecule has 0 radical (unpaired) electrons. The number of fused-ring (bicyclic) bond motifs is 5. The number of hydrogen-bond acceptors (Lipinski definition) is 2.